The molecular formula is C26H28N4O2S. The second-order valence-corrected chi connectivity index (χ2v) is 9.59. The van der Waals surface area contributed by atoms with Crippen LogP contribution >= 0.6 is 11.3 Å². The number of rotatable bonds is 6. The van der Waals surface area contributed by atoms with Crippen LogP contribution in [0.25, 0.3) is 15.9 Å². The van der Waals surface area contributed by atoms with E-state index in [2.05, 4.69) is 13.0 Å². The summed E-state index contributed by atoms with van der Waals surface area (Å²) >= 11 is 1.71. The van der Waals surface area contributed by atoms with E-state index in [1.807, 2.05) is 59.0 Å². The number of benzene rings is 2. The molecule has 2 aromatic heterocycles. The molecule has 0 saturated carbocycles. The number of carbonyl (C=O) groups excluding carboxylic acids is 1. The lowest BCUT2D eigenvalue weighted by molar-refractivity contribution is -0.132. The predicted molar refractivity (Wildman–Crippen MR) is 131 cm³/mol. The highest BCUT2D eigenvalue weighted by Gasteiger charge is 2.32. The average Bonchev–Trinajstić information content (AvgIpc) is 3.55. The molecule has 4 aromatic rings. The van der Waals surface area contributed by atoms with E-state index in [0.717, 1.165) is 58.3 Å². The summed E-state index contributed by atoms with van der Waals surface area (Å²) in [5.41, 5.74) is 5.16. The number of nitrogens with zero attached hydrogens (tertiary/aromatic N) is 4. The quantitative estimate of drug-likeness (QED) is 0.386. The van der Waals surface area contributed by atoms with Crippen LogP contribution in [0.15, 0.2) is 48.5 Å². The minimum Gasteiger partial charge on any atom is -0.497 e. The molecule has 170 valence electrons. The highest BCUT2D eigenvalue weighted by molar-refractivity contribution is 7.18. The third-order valence-electron chi connectivity index (χ3n) is 6.50. The Hall–Kier alpha value is -3.19. The van der Waals surface area contributed by atoms with Crippen molar-refractivity contribution in [3.63, 3.8) is 0 Å². The van der Waals surface area contributed by atoms with Crippen LogP contribution in [-0.2, 0) is 11.2 Å². The van der Waals surface area contributed by atoms with Gasteiger partial charge in [0.25, 0.3) is 0 Å². The molecule has 1 atom stereocenters. The van der Waals surface area contributed by atoms with Gasteiger partial charge in [-0.3, -0.25) is 4.79 Å². The van der Waals surface area contributed by atoms with Crippen molar-refractivity contribution in [3.8, 4) is 11.4 Å². The van der Waals surface area contributed by atoms with Gasteiger partial charge in [-0.15, -0.1) is 11.3 Å². The molecule has 6 nitrogen and oxygen atoms in total. The molecule has 7 heteroatoms. The summed E-state index contributed by atoms with van der Waals surface area (Å²) in [6.07, 6.45) is 3.17. The van der Waals surface area contributed by atoms with E-state index in [0.29, 0.717) is 12.8 Å². The molecule has 5 rings (SSSR count). The van der Waals surface area contributed by atoms with Gasteiger partial charge in [0.15, 0.2) is 0 Å². The SMILES string of the molecule is COc1cccc(-n2nc(C)c(CCC(=O)N3CCC[C@@H]3c3nc4ccccc4s3)c2C)c1. The number of amides is 1. The summed E-state index contributed by atoms with van der Waals surface area (Å²) in [6, 6.07) is 16.2. The minimum absolute atomic E-state index is 0.0941. The van der Waals surface area contributed by atoms with Gasteiger partial charge in [0.2, 0.25) is 5.91 Å². The van der Waals surface area contributed by atoms with Crippen LogP contribution in [0.4, 0.5) is 0 Å². The molecule has 0 unspecified atom stereocenters. The van der Waals surface area contributed by atoms with Crippen molar-refractivity contribution in [2.75, 3.05) is 13.7 Å². The third kappa shape index (κ3) is 4.13. The zero-order valence-corrected chi connectivity index (χ0v) is 20.1. The Bertz CT molecular complexity index is 1280. The van der Waals surface area contributed by atoms with Crippen molar-refractivity contribution in [2.24, 2.45) is 0 Å². The normalized spacial score (nSPS) is 16.0. The Balaban J connectivity index is 1.32. The average molecular weight is 461 g/mol. The van der Waals surface area contributed by atoms with Gasteiger partial charge in [0, 0.05) is 24.7 Å². The van der Waals surface area contributed by atoms with Gasteiger partial charge in [-0.2, -0.15) is 5.10 Å². The van der Waals surface area contributed by atoms with E-state index < -0.39 is 0 Å². The number of fused-ring (bicyclic) bond motifs is 1. The molecule has 1 saturated heterocycles. The molecule has 1 aliphatic rings. The van der Waals surface area contributed by atoms with E-state index in [1.54, 1.807) is 18.4 Å². The number of ether oxygens (including phenoxy) is 1. The fraction of sp³-hybridized carbons (Fsp3) is 0.346. The van der Waals surface area contributed by atoms with Gasteiger partial charge < -0.3 is 9.64 Å². The molecule has 0 radical (unpaired) electrons. The number of aryl methyl sites for hydroxylation is 1. The molecule has 2 aromatic carbocycles. The first-order valence-corrected chi connectivity index (χ1v) is 12.2. The molecule has 3 heterocycles. The number of hydrogen-bond acceptors (Lipinski definition) is 5. The Morgan fingerprint density at radius 2 is 2.03 bits per heavy atom. The Morgan fingerprint density at radius 1 is 1.18 bits per heavy atom. The lowest BCUT2D eigenvalue weighted by Gasteiger charge is -2.23. The first-order chi connectivity index (χ1) is 16.0. The zero-order chi connectivity index (χ0) is 22.9. The van der Waals surface area contributed by atoms with Crippen molar-refractivity contribution < 1.29 is 9.53 Å². The lowest BCUT2D eigenvalue weighted by Crippen LogP contribution is -2.30. The molecule has 0 aliphatic carbocycles. The monoisotopic (exact) mass is 460 g/mol. The summed E-state index contributed by atoms with van der Waals surface area (Å²) in [5, 5.41) is 5.80. The van der Waals surface area contributed by atoms with Crippen molar-refractivity contribution in [1.29, 1.82) is 0 Å². The second-order valence-electron chi connectivity index (χ2n) is 8.53. The molecule has 0 bridgehead atoms. The van der Waals surface area contributed by atoms with Crippen LogP contribution in [0.2, 0.25) is 0 Å². The van der Waals surface area contributed by atoms with Crippen LogP contribution in [0, 0.1) is 13.8 Å². The summed E-state index contributed by atoms with van der Waals surface area (Å²) < 4.78 is 8.48. The first-order valence-electron chi connectivity index (χ1n) is 11.4. The zero-order valence-electron chi connectivity index (χ0n) is 19.2. The van der Waals surface area contributed by atoms with E-state index in [-0.39, 0.29) is 11.9 Å². The smallest absolute Gasteiger partial charge is 0.223 e. The van der Waals surface area contributed by atoms with Crippen LogP contribution in [0.5, 0.6) is 5.75 Å². The van der Waals surface area contributed by atoms with E-state index in [1.165, 1.54) is 4.70 Å². The largest absolute Gasteiger partial charge is 0.497 e. The summed E-state index contributed by atoms with van der Waals surface area (Å²) in [4.78, 5) is 20.1. The van der Waals surface area contributed by atoms with Gasteiger partial charge in [-0.25, -0.2) is 9.67 Å². The number of hydrogen-bond donors (Lipinski definition) is 0. The van der Waals surface area contributed by atoms with Gasteiger partial charge in [-0.1, -0.05) is 18.2 Å². The van der Waals surface area contributed by atoms with Gasteiger partial charge in [0.05, 0.1) is 34.7 Å². The molecule has 1 aliphatic heterocycles. The fourth-order valence-electron chi connectivity index (χ4n) is 4.76. The lowest BCUT2D eigenvalue weighted by atomic mass is 10.1. The molecule has 1 amide bonds. The number of aromatic nitrogens is 3. The number of carbonyl (C=O) groups is 1. The van der Waals surface area contributed by atoms with Crippen molar-refractivity contribution in [2.45, 2.75) is 45.6 Å². The Morgan fingerprint density at radius 3 is 2.85 bits per heavy atom. The van der Waals surface area contributed by atoms with Gasteiger partial charge >= 0.3 is 0 Å². The molecule has 33 heavy (non-hydrogen) atoms. The summed E-state index contributed by atoms with van der Waals surface area (Å²) in [7, 11) is 1.66. The highest BCUT2D eigenvalue weighted by atomic mass is 32.1. The maximum absolute atomic E-state index is 13.3. The molecule has 1 fully saturated rings. The van der Waals surface area contributed by atoms with E-state index in [9.17, 15) is 4.79 Å². The van der Waals surface area contributed by atoms with Crippen molar-refractivity contribution in [1.82, 2.24) is 19.7 Å². The first kappa shape index (κ1) is 21.6. The van der Waals surface area contributed by atoms with Crippen LogP contribution in [-0.4, -0.2) is 39.2 Å². The highest BCUT2D eigenvalue weighted by Crippen LogP contribution is 2.37. The fourth-order valence-corrected chi connectivity index (χ4v) is 5.88. The summed E-state index contributed by atoms with van der Waals surface area (Å²) in [6.45, 7) is 4.89. The number of likely N-dealkylation sites (tertiary alicyclic amines) is 1. The number of thiazole rings is 1. The van der Waals surface area contributed by atoms with E-state index in [4.69, 9.17) is 14.8 Å². The maximum Gasteiger partial charge on any atom is 0.223 e. The predicted octanol–water partition coefficient (Wildman–Crippen LogP) is 5.40. The Labute approximate surface area is 197 Å². The van der Waals surface area contributed by atoms with Crippen LogP contribution < -0.4 is 4.74 Å². The van der Waals surface area contributed by atoms with Gasteiger partial charge in [-0.05, 0) is 62.9 Å². The Kier molecular flexibility index (Phi) is 5.89. The molecule has 0 N–H and O–H groups in total. The van der Waals surface area contributed by atoms with Gasteiger partial charge in [0.1, 0.15) is 10.8 Å². The third-order valence-corrected chi connectivity index (χ3v) is 7.63. The number of methoxy groups -OCH3 is 1. The standard InChI is InChI=1S/C26H28N4O2S/c1-17-21(18(2)30(28-17)19-8-6-9-20(16-19)32-3)13-14-25(31)29-15-7-11-23(29)26-27-22-10-4-5-12-24(22)33-26/h4-6,8-10,12,16,23H,7,11,13-15H2,1-3H3/t23-/m1/s1. The minimum atomic E-state index is 0.0941. The molecular weight excluding hydrogens is 432 g/mol. The maximum atomic E-state index is 13.3. The van der Waals surface area contributed by atoms with E-state index >= 15 is 0 Å². The number of para-hydroxylation sites is 1. The van der Waals surface area contributed by atoms with Crippen LogP contribution in [0.1, 0.15) is 47.3 Å². The molecule has 0 spiro atoms. The summed E-state index contributed by atoms with van der Waals surface area (Å²) in [5.74, 6) is 0.997. The topological polar surface area (TPSA) is 60.3 Å². The van der Waals surface area contributed by atoms with Crippen LogP contribution in [0.3, 0.4) is 0 Å². The van der Waals surface area contributed by atoms with Crippen molar-refractivity contribution in [3.05, 3.63) is 70.5 Å². The second kappa shape index (κ2) is 8.98. The van der Waals surface area contributed by atoms with Crippen molar-refractivity contribution >= 4 is 27.5 Å².